The number of aliphatic carboxylic acids is 1. The molecule has 0 saturated carbocycles. The molecule has 0 radical (unpaired) electrons. The first kappa shape index (κ1) is 49.7. The van der Waals surface area contributed by atoms with Crippen LogP contribution in [0.4, 0.5) is 0 Å². The third-order valence-corrected chi connectivity index (χ3v) is 8.40. The van der Waals surface area contributed by atoms with E-state index >= 15 is 0 Å². The Morgan fingerprint density at radius 2 is 1.09 bits per heavy atom. The number of aliphatic hydroxyl groups excluding tert-OH is 1. The number of carboxylic acid groups (broad SMARTS) is 1. The van der Waals surface area contributed by atoms with Crippen LogP contribution < -0.4 is 5.32 Å². The number of carbonyl (C=O) groups excluding carboxylic acids is 2. The number of esters is 1. The Balaban J connectivity index is 4.08. The minimum absolute atomic E-state index is 0.0606. The summed E-state index contributed by atoms with van der Waals surface area (Å²) < 4.78 is 26.5. The minimum atomic E-state index is -4.76. The van der Waals surface area contributed by atoms with Gasteiger partial charge in [-0.15, -0.1) is 0 Å². The van der Waals surface area contributed by atoms with Gasteiger partial charge in [0.15, 0.2) is 6.04 Å². The van der Waals surface area contributed by atoms with Crippen LogP contribution in [0, 0.1) is 0 Å². The third-order valence-electron chi connectivity index (χ3n) is 7.45. The number of carbonyl (C=O) groups is 3. The number of hydrogen-bond acceptors (Lipinski definition) is 8. The molecule has 11 nitrogen and oxygen atoms in total. The molecule has 0 spiro atoms. The lowest BCUT2D eigenvalue weighted by Crippen LogP contribution is -2.43. The van der Waals surface area contributed by atoms with Crippen molar-refractivity contribution >= 4 is 25.7 Å². The van der Waals surface area contributed by atoms with Crippen LogP contribution in [0.2, 0.25) is 0 Å². The number of hydrogen-bond donors (Lipinski definition) is 4. The monoisotopic (exact) mass is 763 g/mol. The maximum absolute atomic E-state index is 12.2. The molecule has 0 fully saturated rings. The number of carboxylic acids is 1. The number of rotatable bonds is 34. The van der Waals surface area contributed by atoms with E-state index in [9.17, 15) is 34.1 Å². The molecule has 12 heteroatoms. The second-order valence-corrected chi connectivity index (χ2v) is 13.8. The molecule has 0 rings (SSSR count). The van der Waals surface area contributed by atoms with Crippen molar-refractivity contribution in [2.75, 3.05) is 19.8 Å². The van der Waals surface area contributed by atoms with Crippen molar-refractivity contribution in [3.05, 3.63) is 85.1 Å². The molecule has 0 bridgehead atoms. The van der Waals surface area contributed by atoms with Crippen LogP contribution in [-0.2, 0) is 32.7 Å². The fourth-order valence-electron chi connectivity index (χ4n) is 4.48. The van der Waals surface area contributed by atoms with Gasteiger partial charge in [0.2, 0.25) is 5.91 Å². The largest absolute Gasteiger partial charge is 0.480 e. The fourth-order valence-corrected chi connectivity index (χ4v) is 5.25. The van der Waals surface area contributed by atoms with Crippen LogP contribution in [-0.4, -0.2) is 64.9 Å². The fraction of sp³-hybridized carbons (Fsp3) is 0.585. The van der Waals surface area contributed by atoms with Gasteiger partial charge in [0.1, 0.15) is 12.7 Å². The molecule has 0 heterocycles. The van der Waals surface area contributed by atoms with E-state index in [0.717, 1.165) is 77.0 Å². The van der Waals surface area contributed by atoms with Crippen LogP contribution in [0.1, 0.15) is 123 Å². The zero-order valence-electron chi connectivity index (χ0n) is 32.0. The number of amides is 1. The van der Waals surface area contributed by atoms with Crippen LogP contribution in [0.25, 0.3) is 0 Å². The Bertz CT molecular complexity index is 1220. The smallest absolute Gasteiger partial charge is 0.472 e. The summed E-state index contributed by atoms with van der Waals surface area (Å²) in [7, 11) is -4.76. The van der Waals surface area contributed by atoms with Crippen molar-refractivity contribution in [3.63, 3.8) is 0 Å². The molecule has 4 N–H and O–H groups in total. The Morgan fingerprint density at radius 1 is 0.623 bits per heavy atom. The SMILES string of the molecule is CC/C=C\C/C=C\C/C=C\C/C=C\C/C=C\C/C=C\C/C=C\CCCC(=O)NC(COP(=O)(O)OCC(O)COC(=O)CCCCCCCC)C(=O)O. The van der Waals surface area contributed by atoms with Gasteiger partial charge in [0, 0.05) is 12.8 Å². The summed E-state index contributed by atoms with van der Waals surface area (Å²) >= 11 is 0. The summed E-state index contributed by atoms with van der Waals surface area (Å²) in [4.78, 5) is 45.5. The maximum Gasteiger partial charge on any atom is 0.472 e. The standard InChI is InChI=1S/C41H66NO10P/c1-3-5-7-9-11-12-13-14-15-16-17-18-19-20-21-22-23-24-25-26-27-28-30-32-39(44)42-38(41(46)47)36-52-53(48,49)51-35-37(43)34-50-40(45)33-31-29-10-8-6-4-2/h5,7,11-12,14-15,17-18,20-21,23-24,26-27,37-38,43H,3-4,6,8-10,13,16,19,22,25,28-36H2,1-2H3,(H,42,44)(H,46,47)(H,48,49)/b7-5-,12-11-,15-14-,18-17-,21-20-,24-23-,27-26-. The second kappa shape index (κ2) is 35.7. The Hall–Kier alpha value is -3.34. The van der Waals surface area contributed by atoms with Crippen molar-refractivity contribution in [3.8, 4) is 0 Å². The summed E-state index contributed by atoms with van der Waals surface area (Å²) in [6.07, 6.45) is 42.4. The van der Waals surface area contributed by atoms with E-state index in [1.807, 2.05) is 12.2 Å². The van der Waals surface area contributed by atoms with Crippen LogP contribution in [0.15, 0.2) is 85.1 Å². The van der Waals surface area contributed by atoms with E-state index < -0.39 is 57.6 Å². The van der Waals surface area contributed by atoms with E-state index in [4.69, 9.17) is 13.8 Å². The van der Waals surface area contributed by atoms with Crippen molar-refractivity contribution in [2.45, 2.75) is 135 Å². The molecule has 0 aliphatic carbocycles. The third kappa shape index (κ3) is 35.5. The number of nitrogens with one attached hydrogen (secondary N) is 1. The average molecular weight is 764 g/mol. The Kier molecular flexibility index (Phi) is 33.4. The highest BCUT2D eigenvalue weighted by atomic mass is 31.2. The van der Waals surface area contributed by atoms with E-state index in [-0.39, 0.29) is 12.8 Å². The molecule has 0 saturated heterocycles. The molecule has 0 aliphatic rings. The van der Waals surface area contributed by atoms with Gasteiger partial charge >= 0.3 is 19.8 Å². The van der Waals surface area contributed by atoms with Gasteiger partial charge in [-0.25, -0.2) is 9.36 Å². The van der Waals surface area contributed by atoms with Crippen molar-refractivity contribution < 1.29 is 47.8 Å². The Morgan fingerprint density at radius 3 is 1.60 bits per heavy atom. The highest BCUT2D eigenvalue weighted by Crippen LogP contribution is 2.43. The molecular formula is C41H66NO10P. The van der Waals surface area contributed by atoms with Crippen molar-refractivity contribution in [1.29, 1.82) is 0 Å². The number of ether oxygens (including phenoxy) is 1. The topological polar surface area (TPSA) is 169 Å². The predicted octanol–water partition coefficient (Wildman–Crippen LogP) is 9.16. The molecule has 3 unspecified atom stereocenters. The van der Waals surface area contributed by atoms with Gasteiger partial charge < -0.3 is 25.2 Å². The summed E-state index contributed by atoms with van der Waals surface area (Å²) in [6, 6.07) is -1.58. The summed E-state index contributed by atoms with van der Waals surface area (Å²) in [5.74, 6) is -2.48. The molecule has 3 atom stereocenters. The number of aliphatic hydroxyl groups is 1. The highest BCUT2D eigenvalue weighted by molar-refractivity contribution is 7.47. The zero-order valence-corrected chi connectivity index (χ0v) is 32.9. The van der Waals surface area contributed by atoms with Gasteiger partial charge in [0.25, 0.3) is 0 Å². The minimum Gasteiger partial charge on any atom is -0.480 e. The van der Waals surface area contributed by atoms with Crippen molar-refractivity contribution in [1.82, 2.24) is 5.32 Å². The lowest BCUT2D eigenvalue weighted by Gasteiger charge is -2.18. The molecule has 53 heavy (non-hydrogen) atoms. The molecule has 0 aliphatic heterocycles. The molecule has 300 valence electrons. The lowest BCUT2D eigenvalue weighted by atomic mass is 10.1. The Labute approximate surface area is 318 Å². The summed E-state index contributed by atoms with van der Waals surface area (Å²) in [5, 5.41) is 21.6. The first-order valence-corrected chi connectivity index (χ1v) is 20.6. The highest BCUT2D eigenvalue weighted by Gasteiger charge is 2.28. The van der Waals surface area contributed by atoms with E-state index in [1.54, 1.807) is 0 Å². The van der Waals surface area contributed by atoms with Crippen molar-refractivity contribution in [2.24, 2.45) is 0 Å². The molecule has 0 aromatic carbocycles. The predicted molar refractivity (Wildman–Crippen MR) is 212 cm³/mol. The van der Waals surface area contributed by atoms with E-state index in [1.165, 1.54) is 0 Å². The molecule has 0 aromatic heterocycles. The number of phosphoric acid groups is 1. The summed E-state index contributed by atoms with van der Waals surface area (Å²) in [5.41, 5.74) is 0. The van der Waals surface area contributed by atoms with Gasteiger partial charge in [0.05, 0.1) is 13.2 Å². The van der Waals surface area contributed by atoms with E-state index in [2.05, 4.69) is 92.1 Å². The average Bonchev–Trinajstić information content (AvgIpc) is 3.13. The number of phosphoric ester groups is 1. The maximum atomic E-state index is 12.2. The summed E-state index contributed by atoms with van der Waals surface area (Å²) in [6.45, 7) is 2.31. The van der Waals surface area contributed by atoms with E-state index in [0.29, 0.717) is 19.3 Å². The zero-order chi connectivity index (χ0) is 39.3. The first-order chi connectivity index (χ1) is 25.6. The lowest BCUT2D eigenvalue weighted by molar-refractivity contribution is -0.147. The quantitative estimate of drug-likeness (QED) is 0.0215. The molecule has 0 aromatic rings. The second-order valence-electron chi connectivity index (χ2n) is 12.4. The number of unbranched alkanes of at least 4 members (excludes halogenated alkanes) is 6. The number of allylic oxidation sites excluding steroid dienone is 14. The van der Waals surface area contributed by atoms with Crippen LogP contribution in [0.3, 0.4) is 0 Å². The van der Waals surface area contributed by atoms with Gasteiger partial charge in [-0.3, -0.25) is 18.6 Å². The van der Waals surface area contributed by atoms with Crippen LogP contribution >= 0.6 is 7.82 Å². The van der Waals surface area contributed by atoms with Crippen LogP contribution in [0.5, 0.6) is 0 Å². The molecular weight excluding hydrogens is 697 g/mol. The normalized spacial score (nSPS) is 14.8. The first-order valence-electron chi connectivity index (χ1n) is 19.1. The van der Waals surface area contributed by atoms with Gasteiger partial charge in [-0.1, -0.05) is 131 Å². The molecule has 1 amide bonds. The van der Waals surface area contributed by atoms with Gasteiger partial charge in [-0.2, -0.15) is 0 Å². The van der Waals surface area contributed by atoms with Gasteiger partial charge in [-0.05, 0) is 64.2 Å².